The first-order valence-corrected chi connectivity index (χ1v) is 11.1. The average Bonchev–Trinajstić information content (AvgIpc) is 2.69. The Labute approximate surface area is 200 Å². The molecule has 1 rings (SSSR count). The summed E-state index contributed by atoms with van der Waals surface area (Å²) in [6.45, 7) is 10.6. The average molecular weight is 485 g/mol. The van der Waals surface area contributed by atoms with Crippen LogP contribution in [0.2, 0.25) is 0 Å². The number of allylic oxidation sites excluding steroid dienone is 3. The van der Waals surface area contributed by atoms with E-state index < -0.39 is 54.6 Å². The quantitative estimate of drug-likeness (QED) is 0.246. The SMILES string of the molecule is CC(=O)OC[C@H]1O[C@@H](OC/C=C(\C)CCC=C(C)C)[C@H](OC(C)=O)[C@@H](OC(C)=O)[C@@H]1OC(C)=O. The highest BCUT2D eigenvalue weighted by molar-refractivity contribution is 5.68. The van der Waals surface area contributed by atoms with Crippen LogP contribution in [0.4, 0.5) is 0 Å². The van der Waals surface area contributed by atoms with Crippen molar-refractivity contribution in [3.63, 3.8) is 0 Å². The summed E-state index contributed by atoms with van der Waals surface area (Å²) in [6.07, 6.45) is -0.141. The molecule has 5 atom stereocenters. The second kappa shape index (κ2) is 14.5. The predicted octanol–water partition coefficient (Wildman–Crippen LogP) is 2.78. The number of rotatable bonds is 11. The Kier molecular flexibility index (Phi) is 12.5. The van der Waals surface area contributed by atoms with Crippen molar-refractivity contribution in [3.8, 4) is 0 Å². The third-order valence-corrected chi connectivity index (χ3v) is 4.73. The number of hydrogen-bond acceptors (Lipinski definition) is 10. The molecule has 1 fully saturated rings. The molecule has 0 amide bonds. The number of hydrogen-bond donors (Lipinski definition) is 0. The Morgan fingerprint density at radius 3 is 1.82 bits per heavy atom. The van der Waals surface area contributed by atoms with E-state index in [-0.39, 0.29) is 13.2 Å². The minimum Gasteiger partial charge on any atom is -0.463 e. The Morgan fingerprint density at radius 1 is 0.735 bits per heavy atom. The Hall–Kier alpha value is -2.72. The van der Waals surface area contributed by atoms with Crippen molar-refractivity contribution < 1.29 is 47.6 Å². The zero-order chi connectivity index (χ0) is 25.8. The summed E-state index contributed by atoms with van der Waals surface area (Å²) in [5.41, 5.74) is 2.32. The fraction of sp³-hybridized carbons (Fsp3) is 0.667. The molecule has 192 valence electrons. The Bertz CT molecular complexity index is 781. The standard InChI is InChI=1S/C24H36O10/c1-14(2)9-8-10-15(3)11-12-29-24-23(33-19(7)28)22(32-18(6)27)21(31-17(5)26)20(34-24)13-30-16(4)25/h9,11,20-24H,8,10,12-13H2,1-7H3/b15-11+/t20-,21-,22+,23-,24-/m1/s1. The minimum absolute atomic E-state index is 0.119. The molecule has 1 saturated heterocycles. The van der Waals surface area contributed by atoms with E-state index in [1.54, 1.807) is 0 Å². The lowest BCUT2D eigenvalue weighted by atomic mass is 9.98. The first-order chi connectivity index (χ1) is 15.9. The van der Waals surface area contributed by atoms with Crippen molar-refractivity contribution in [1.29, 1.82) is 0 Å². The van der Waals surface area contributed by atoms with Crippen molar-refractivity contribution in [2.75, 3.05) is 13.2 Å². The number of esters is 4. The van der Waals surface area contributed by atoms with Gasteiger partial charge in [-0.15, -0.1) is 0 Å². The molecule has 10 nitrogen and oxygen atoms in total. The summed E-state index contributed by atoms with van der Waals surface area (Å²) in [4.78, 5) is 46.7. The lowest BCUT2D eigenvalue weighted by Gasteiger charge is -2.43. The van der Waals surface area contributed by atoms with E-state index in [1.807, 2.05) is 26.8 Å². The van der Waals surface area contributed by atoms with Crippen LogP contribution in [0.25, 0.3) is 0 Å². The van der Waals surface area contributed by atoms with Gasteiger partial charge in [-0.25, -0.2) is 0 Å². The molecule has 1 aliphatic rings. The third kappa shape index (κ3) is 10.9. The summed E-state index contributed by atoms with van der Waals surface area (Å²) in [7, 11) is 0. The predicted molar refractivity (Wildman–Crippen MR) is 120 cm³/mol. The molecule has 1 aliphatic heterocycles. The van der Waals surface area contributed by atoms with Crippen molar-refractivity contribution in [2.45, 2.75) is 92.0 Å². The summed E-state index contributed by atoms with van der Waals surface area (Å²) < 4.78 is 32.8. The minimum atomic E-state index is -1.24. The first kappa shape index (κ1) is 29.3. The van der Waals surface area contributed by atoms with E-state index in [4.69, 9.17) is 28.4 Å². The topological polar surface area (TPSA) is 124 Å². The Balaban J connectivity index is 3.15. The molecule has 0 saturated carbocycles. The molecule has 0 aliphatic carbocycles. The van der Waals surface area contributed by atoms with Crippen LogP contribution in [0.15, 0.2) is 23.3 Å². The van der Waals surface area contributed by atoms with E-state index in [9.17, 15) is 19.2 Å². The molecule has 0 unspecified atom stereocenters. The lowest BCUT2D eigenvalue weighted by Crippen LogP contribution is -2.62. The summed E-state index contributed by atoms with van der Waals surface area (Å²) in [5, 5.41) is 0. The van der Waals surface area contributed by atoms with Crippen molar-refractivity contribution in [1.82, 2.24) is 0 Å². The molecule has 0 aromatic heterocycles. The summed E-state index contributed by atoms with van der Waals surface area (Å²) in [6, 6.07) is 0. The van der Waals surface area contributed by atoms with Gasteiger partial charge in [0.25, 0.3) is 0 Å². The van der Waals surface area contributed by atoms with Crippen molar-refractivity contribution in [2.24, 2.45) is 0 Å². The van der Waals surface area contributed by atoms with Crippen LogP contribution >= 0.6 is 0 Å². The zero-order valence-corrected chi connectivity index (χ0v) is 21.0. The molecule has 0 aromatic rings. The highest BCUT2D eigenvalue weighted by Crippen LogP contribution is 2.30. The molecule has 0 aromatic carbocycles. The van der Waals surface area contributed by atoms with Gasteiger partial charge in [0.1, 0.15) is 12.7 Å². The maximum Gasteiger partial charge on any atom is 0.303 e. The summed E-state index contributed by atoms with van der Waals surface area (Å²) in [5.74, 6) is -2.63. The fourth-order valence-electron chi connectivity index (χ4n) is 3.30. The highest BCUT2D eigenvalue weighted by Gasteiger charge is 2.52. The van der Waals surface area contributed by atoms with Crippen LogP contribution in [-0.4, -0.2) is 67.8 Å². The number of ether oxygens (including phenoxy) is 6. The monoisotopic (exact) mass is 484 g/mol. The van der Waals surface area contributed by atoms with E-state index in [0.29, 0.717) is 0 Å². The second-order valence-corrected chi connectivity index (χ2v) is 8.27. The van der Waals surface area contributed by atoms with Crippen LogP contribution in [0.1, 0.15) is 61.3 Å². The fourth-order valence-corrected chi connectivity index (χ4v) is 3.30. The van der Waals surface area contributed by atoms with E-state index in [1.165, 1.54) is 33.3 Å². The van der Waals surface area contributed by atoms with Crippen LogP contribution in [0.3, 0.4) is 0 Å². The Morgan fingerprint density at radius 2 is 1.29 bits per heavy atom. The zero-order valence-electron chi connectivity index (χ0n) is 21.0. The van der Waals surface area contributed by atoms with Gasteiger partial charge in [-0.1, -0.05) is 23.3 Å². The maximum atomic E-state index is 11.8. The van der Waals surface area contributed by atoms with Gasteiger partial charge in [-0.2, -0.15) is 0 Å². The second-order valence-electron chi connectivity index (χ2n) is 8.27. The number of carbonyl (C=O) groups is 4. The lowest BCUT2D eigenvalue weighted by molar-refractivity contribution is -0.306. The van der Waals surface area contributed by atoms with Gasteiger partial charge in [0, 0.05) is 27.7 Å². The molecule has 0 bridgehead atoms. The maximum absolute atomic E-state index is 11.8. The van der Waals surface area contributed by atoms with E-state index in [2.05, 4.69) is 6.08 Å². The van der Waals surface area contributed by atoms with E-state index in [0.717, 1.165) is 18.4 Å². The van der Waals surface area contributed by atoms with Crippen LogP contribution in [0, 0.1) is 0 Å². The molecule has 0 radical (unpaired) electrons. The molecule has 34 heavy (non-hydrogen) atoms. The van der Waals surface area contributed by atoms with Gasteiger partial charge in [0.15, 0.2) is 24.6 Å². The summed E-state index contributed by atoms with van der Waals surface area (Å²) >= 11 is 0. The van der Waals surface area contributed by atoms with Gasteiger partial charge in [0.05, 0.1) is 6.61 Å². The first-order valence-electron chi connectivity index (χ1n) is 11.1. The third-order valence-electron chi connectivity index (χ3n) is 4.73. The van der Waals surface area contributed by atoms with Gasteiger partial charge in [-0.05, 0) is 33.6 Å². The molecular formula is C24H36O10. The van der Waals surface area contributed by atoms with Gasteiger partial charge in [-0.3, -0.25) is 19.2 Å². The molecule has 0 N–H and O–H groups in total. The molecule has 10 heteroatoms. The molecule has 1 heterocycles. The van der Waals surface area contributed by atoms with E-state index >= 15 is 0 Å². The smallest absolute Gasteiger partial charge is 0.303 e. The molecule has 0 spiro atoms. The van der Waals surface area contributed by atoms with Crippen LogP contribution in [-0.2, 0) is 47.6 Å². The van der Waals surface area contributed by atoms with Gasteiger partial charge >= 0.3 is 23.9 Å². The molecular weight excluding hydrogens is 448 g/mol. The van der Waals surface area contributed by atoms with Gasteiger partial charge < -0.3 is 28.4 Å². The largest absolute Gasteiger partial charge is 0.463 e. The highest BCUT2D eigenvalue weighted by atomic mass is 16.7. The number of carbonyl (C=O) groups excluding carboxylic acids is 4. The van der Waals surface area contributed by atoms with Gasteiger partial charge in [0.2, 0.25) is 0 Å². The van der Waals surface area contributed by atoms with Crippen LogP contribution < -0.4 is 0 Å². The normalized spacial score (nSPS) is 24.6. The van der Waals surface area contributed by atoms with Crippen molar-refractivity contribution in [3.05, 3.63) is 23.3 Å². The van der Waals surface area contributed by atoms with Crippen LogP contribution in [0.5, 0.6) is 0 Å². The van der Waals surface area contributed by atoms with Crippen molar-refractivity contribution >= 4 is 23.9 Å².